The predicted molar refractivity (Wildman–Crippen MR) is 41.0 cm³/mol. The third-order valence-corrected chi connectivity index (χ3v) is 0.843. The van der Waals surface area contributed by atoms with Crippen LogP contribution >= 0.6 is 0 Å². The van der Waals surface area contributed by atoms with E-state index in [-0.39, 0.29) is 26.4 Å². The van der Waals surface area contributed by atoms with Gasteiger partial charge in [0.05, 0.1) is 26.4 Å². The first kappa shape index (κ1) is 19.8. The molecule has 7 nitrogen and oxygen atoms in total. The van der Waals surface area contributed by atoms with Gasteiger partial charge in [-0.2, -0.15) is 0 Å². The van der Waals surface area contributed by atoms with Crippen LogP contribution in [0.25, 0.3) is 0 Å². The van der Waals surface area contributed by atoms with E-state index < -0.39 is 12.2 Å². The van der Waals surface area contributed by atoms with E-state index in [9.17, 15) is 0 Å². The summed E-state index contributed by atoms with van der Waals surface area (Å²) in [5.74, 6) is 0. The molecule has 0 aromatic carbocycles. The van der Waals surface area contributed by atoms with Crippen LogP contribution in [0.2, 0.25) is 0 Å². The standard InChI is InChI=1S/2C3H8O3.O.Ti/c2*4-1-3(6)2-5;;/h2*3-6H,1-2H2;;. The summed E-state index contributed by atoms with van der Waals surface area (Å²) in [5, 5.41) is 48.0. The van der Waals surface area contributed by atoms with Crippen LogP contribution in [0.15, 0.2) is 0 Å². The van der Waals surface area contributed by atoms with Crippen molar-refractivity contribution in [1.29, 1.82) is 0 Å². The van der Waals surface area contributed by atoms with Crippen molar-refractivity contribution >= 4 is 0 Å². The second-order valence-corrected chi connectivity index (χ2v) is 2.04. The average Bonchev–Trinajstić information content (AvgIpc) is 2.30. The van der Waals surface area contributed by atoms with E-state index in [1.54, 1.807) is 0 Å². The van der Waals surface area contributed by atoms with E-state index in [0.29, 0.717) is 0 Å². The van der Waals surface area contributed by atoms with E-state index >= 15 is 0 Å². The molecule has 14 heavy (non-hydrogen) atoms. The molecule has 0 saturated heterocycles. The second kappa shape index (κ2) is 18.9. The first-order chi connectivity index (χ1) is 6.62. The van der Waals surface area contributed by atoms with Crippen LogP contribution < -0.4 is 0 Å². The molecule has 6 N–H and O–H groups in total. The van der Waals surface area contributed by atoms with E-state index in [2.05, 4.69) is 0 Å². The number of hydrogen-bond acceptors (Lipinski definition) is 7. The molecular weight excluding hydrogens is 232 g/mol. The van der Waals surface area contributed by atoms with Crippen molar-refractivity contribution in [3.63, 3.8) is 0 Å². The number of aliphatic hydroxyl groups is 6. The fourth-order valence-corrected chi connectivity index (χ4v) is 0.115. The summed E-state index contributed by atoms with van der Waals surface area (Å²) in [4.78, 5) is 0. The minimum absolute atomic E-state index is 0.365. The Morgan fingerprint density at radius 3 is 0.857 bits per heavy atom. The molecule has 0 rings (SSSR count). The van der Waals surface area contributed by atoms with Crippen molar-refractivity contribution in [1.82, 2.24) is 0 Å². The molecule has 0 atom stereocenters. The SMILES string of the molecule is OCC(O)CO.OCC(O)CO.[O]=[Ti]. The monoisotopic (exact) mass is 248 g/mol. The van der Waals surface area contributed by atoms with Gasteiger partial charge in [-0.15, -0.1) is 0 Å². The van der Waals surface area contributed by atoms with Gasteiger partial charge in [-0.05, 0) is 0 Å². The molecule has 0 aliphatic rings. The van der Waals surface area contributed by atoms with Crippen molar-refractivity contribution in [2.24, 2.45) is 0 Å². The van der Waals surface area contributed by atoms with Crippen LogP contribution in [0.5, 0.6) is 0 Å². The Bertz CT molecular complexity index is 76.2. The van der Waals surface area contributed by atoms with Crippen LogP contribution in [0, 0.1) is 0 Å². The van der Waals surface area contributed by atoms with Gasteiger partial charge >= 0.3 is 23.7 Å². The molecule has 0 saturated carbocycles. The maximum atomic E-state index is 8.25. The van der Waals surface area contributed by atoms with E-state index in [1.807, 2.05) is 0 Å². The molecule has 0 unspecified atom stereocenters. The van der Waals surface area contributed by atoms with Gasteiger partial charge in [-0.25, -0.2) is 0 Å². The molecule has 8 heteroatoms. The quantitative estimate of drug-likeness (QED) is 0.284. The molecule has 86 valence electrons. The van der Waals surface area contributed by atoms with Crippen LogP contribution in [-0.2, 0) is 23.7 Å². The molecule has 0 heterocycles. The summed E-state index contributed by atoms with van der Waals surface area (Å²) in [7, 11) is 0. The zero-order chi connectivity index (χ0) is 12.0. The van der Waals surface area contributed by atoms with Gasteiger partial charge in [0.2, 0.25) is 0 Å². The molecule has 0 spiro atoms. The van der Waals surface area contributed by atoms with Crippen molar-refractivity contribution in [3.05, 3.63) is 0 Å². The fraction of sp³-hybridized carbons (Fsp3) is 1.00. The Balaban J connectivity index is -0.000000147. The third kappa shape index (κ3) is 22.8. The molecule has 0 fully saturated rings. The minimum atomic E-state index is -0.954. The Morgan fingerprint density at radius 1 is 0.714 bits per heavy atom. The van der Waals surface area contributed by atoms with Gasteiger partial charge in [-0.3, -0.25) is 0 Å². The maximum absolute atomic E-state index is 8.25. The van der Waals surface area contributed by atoms with Crippen molar-refractivity contribution in [2.45, 2.75) is 12.2 Å². The molecule has 0 aromatic heterocycles. The average molecular weight is 248 g/mol. The third-order valence-electron chi connectivity index (χ3n) is 0.843. The summed E-state index contributed by atoms with van der Waals surface area (Å²) in [5.41, 5.74) is 0. The Kier molecular flexibility index (Phi) is 26.8. The zero-order valence-electron chi connectivity index (χ0n) is 7.57. The summed E-state index contributed by atoms with van der Waals surface area (Å²) in [6.07, 6.45) is -1.91. The summed E-state index contributed by atoms with van der Waals surface area (Å²) in [6.45, 7) is -1.46. The molecule has 0 bridgehead atoms. The van der Waals surface area contributed by atoms with Gasteiger partial charge in [-0.1, -0.05) is 0 Å². The predicted octanol–water partition coefficient (Wildman–Crippen LogP) is -3.46. The number of aliphatic hydroxyl groups excluding tert-OH is 6. The summed E-state index contributed by atoms with van der Waals surface area (Å²) < 4.78 is 8.25. The van der Waals surface area contributed by atoms with Crippen LogP contribution in [0.1, 0.15) is 0 Å². The Hall–Kier alpha value is 0.274. The van der Waals surface area contributed by atoms with Crippen molar-refractivity contribution < 1.29 is 54.4 Å². The molecule has 0 aliphatic heterocycles. The van der Waals surface area contributed by atoms with E-state index in [0.717, 1.165) is 20.4 Å². The van der Waals surface area contributed by atoms with Crippen LogP contribution in [0.3, 0.4) is 0 Å². The van der Waals surface area contributed by atoms with Crippen molar-refractivity contribution in [3.8, 4) is 0 Å². The number of rotatable bonds is 4. The normalized spacial score (nSPS) is 8.79. The van der Waals surface area contributed by atoms with Crippen LogP contribution in [-0.4, -0.2) is 69.3 Å². The topological polar surface area (TPSA) is 138 Å². The van der Waals surface area contributed by atoms with Gasteiger partial charge in [0.15, 0.2) is 0 Å². The van der Waals surface area contributed by atoms with Crippen LogP contribution in [0.4, 0.5) is 0 Å². The first-order valence-corrected chi connectivity index (χ1v) is 4.26. The Morgan fingerprint density at radius 2 is 0.857 bits per heavy atom. The number of hydrogen-bond donors (Lipinski definition) is 6. The van der Waals surface area contributed by atoms with Crippen molar-refractivity contribution in [2.75, 3.05) is 26.4 Å². The zero-order valence-corrected chi connectivity index (χ0v) is 9.14. The van der Waals surface area contributed by atoms with E-state index in [4.69, 9.17) is 34.0 Å². The fourth-order valence-electron chi connectivity index (χ4n) is 0.115. The summed E-state index contributed by atoms with van der Waals surface area (Å²) in [6, 6.07) is 0. The molecule has 0 aromatic rings. The van der Waals surface area contributed by atoms with Gasteiger partial charge < -0.3 is 30.6 Å². The Labute approximate surface area is 93.4 Å². The van der Waals surface area contributed by atoms with Gasteiger partial charge in [0, 0.05) is 0 Å². The van der Waals surface area contributed by atoms with E-state index in [1.165, 1.54) is 0 Å². The molecule has 0 amide bonds. The molecular formula is C6H16O7Ti. The second-order valence-electron chi connectivity index (χ2n) is 2.04. The summed E-state index contributed by atoms with van der Waals surface area (Å²) >= 11 is 0.750. The van der Waals surface area contributed by atoms with Gasteiger partial charge in [0.25, 0.3) is 0 Å². The van der Waals surface area contributed by atoms with Gasteiger partial charge in [0.1, 0.15) is 12.2 Å². The molecule has 0 aliphatic carbocycles. The first-order valence-electron chi connectivity index (χ1n) is 3.62. The molecule has 0 radical (unpaired) electrons.